The molecule has 1 atom stereocenters. The Labute approximate surface area is 113 Å². The fourth-order valence-electron chi connectivity index (χ4n) is 1.69. The summed E-state index contributed by atoms with van der Waals surface area (Å²) in [6.07, 6.45) is 3.90. The van der Waals surface area contributed by atoms with Crippen molar-refractivity contribution in [2.75, 3.05) is 7.11 Å². The minimum atomic E-state index is -0.613. The maximum absolute atomic E-state index is 12.0. The zero-order valence-electron chi connectivity index (χ0n) is 11.1. The number of allylic oxidation sites excluding steroid dienone is 1. The first-order valence-corrected chi connectivity index (χ1v) is 6.23. The standard InChI is InChI=1S/C15H19NO3/c1-3-4-6-11-13(15(18)19-2)16-14(17)12-9-7-5-8-10-12/h3,5,7-10,13H,1,4,6,11H2,2H3,(H,16,17)/t13-/m1/s1. The van der Waals surface area contributed by atoms with Gasteiger partial charge in [-0.2, -0.15) is 0 Å². The van der Waals surface area contributed by atoms with Gasteiger partial charge in [0.2, 0.25) is 0 Å². The van der Waals surface area contributed by atoms with Gasteiger partial charge in [0.05, 0.1) is 7.11 Å². The van der Waals surface area contributed by atoms with Gasteiger partial charge in [-0.15, -0.1) is 6.58 Å². The van der Waals surface area contributed by atoms with Gasteiger partial charge < -0.3 is 10.1 Å². The molecular weight excluding hydrogens is 242 g/mol. The lowest BCUT2D eigenvalue weighted by molar-refractivity contribution is -0.143. The molecule has 0 bridgehead atoms. The Balaban J connectivity index is 2.63. The molecule has 1 aromatic rings. The van der Waals surface area contributed by atoms with Crippen LogP contribution in [0.2, 0.25) is 0 Å². The molecule has 0 radical (unpaired) electrons. The molecule has 0 aliphatic carbocycles. The first-order valence-electron chi connectivity index (χ1n) is 6.23. The second-order valence-corrected chi connectivity index (χ2v) is 4.13. The Morgan fingerprint density at radius 1 is 1.37 bits per heavy atom. The van der Waals surface area contributed by atoms with Gasteiger partial charge in [0, 0.05) is 5.56 Å². The average Bonchev–Trinajstić information content (AvgIpc) is 2.46. The van der Waals surface area contributed by atoms with E-state index in [1.807, 2.05) is 6.07 Å². The van der Waals surface area contributed by atoms with Crippen molar-refractivity contribution in [3.63, 3.8) is 0 Å². The first kappa shape index (κ1) is 15.0. The van der Waals surface area contributed by atoms with Gasteiger partial charge in [-0.05, 0) is 31.4 Å². The highest BCUT2D eigenvalue weighted by Gasteiger charge is 2.21. The van der Waals surface area contributed by atoms with Crippen molar-refractivity contribution in [2.24, 2.45) is 0 Å². The van der Waals surface area contributed by atoms with Crippen molar-refractivity contribution >= 4 is 11.9 Å². The van der Waals surface area contributed by atoms with Gasteiger partial charge in [-0.3, -0.25) is 4.79 Å². The number of amides is 1. The van der Waals surface area contributed by atoms with Crippen LogP contribution in [0.1, 0.15) is 29.6 Å². The fourth-order valence-corrected chi connectivity index (χ4v) is 1.69. The van der Waals surface area contributed by atoms with Crippen LogP contribution in [0.25, 0.3) is 0 Å². The molecule has 102 valence electrons. The Morgan fingerprint density at radius 3 is 2.63 bits per heavy atom. The van der Waals surface area contributed by atoms with Crippen molar-refractivity contribution < 1.29 is 14.3 Å². The molecule has 0 saturated carbocycles. The number of rotatable bonds is 7. The minimum Gasteiger partial charge on any atom is -0.467 e. The SMILES string of the molecule is C=CCCC[C@@H](NC(=O)c1ccccc1)C(=O)OC. The second-order valence-electron chi connectivity index (χ2n) is 4.13. The van der Waals surface area contributed by atoms with Crippen LogP contribution >= 0.6 is 0 Å². The number of hydrogen-bond acceptors (Lipinski definition) is 3. The summed E-state index contributed by atoms with van der Waals surface area (Å²) in [5, 5.41) is 2.70. The molecule has 1 aromatic carbocycles. The Kier molecular flexibility index (Phi) is 6.36. The van der Waals surface area contributed by atoms with E-state index in [1.165, 1.54) is 7.11 Å². The number of carbonyl (C=O) groups is 2. The number of carbonyl (C=O) groups excluding carboxylic acids is 2. The van der Waals surface area contributed by atoms with E-state index in [0.717, 1.165) is 12.8 Å². The molecule has 1 N–H and O–H groups in total. The van der Waals surface area contributed by atoms with Crippen molar-refractivity contribution in [2.45, 2.75) is 25.3 Å². The first-order chi connectivity index (χ1) is 9.19. The normalized spacial score (nSPS) is 11.4. The van der Waals surface area contributed by atoms with E-state index in [-0.39, 0.29) is 5.91 Å². The number of methoxy groups -OCH3 is 1. The van der Waals surface area contributed by atoms with Crippen LogP contribution in [0, 0.1) is 0 Å². The monoisotopic (exact) mass is 261 g/mol. The van der Waals surface area contributed by atoms with Gasteiger partial charge in [0.25, 0.3) is 5.91 Å². The molecule has 0 spiro atoms. The Morgan fingerprint density at radius 2 is 2.05 bits per heavy atom. The highest BCUT2D eigenvalue weighted by Crippen LogP contribution is 2.06. The third-order valence-electron chi connectivity index (χ3n) is 2.73. The van der Waals surface area contributed by atoms with Gasteiger partial charge >= 0.3 is 5.97 Å². The number of ether oxygens (including phenoxy) is 1. The molecule has 0 aliphatic heterocycles. The van der Waals surface area contributed by atoms with E-state index in [1.54, 1.807) is 30.3 Å². The molecule has 0 saturated heterocycles. The van der Waals surface area contributed by atoms with Crippen molar-refractivity contribution in [1.82, 2.24) is 5.32 Å². The average molecular weight is 261 g/mol. The molecule has 4 nitrogen and oxygen atoms in total. The van der Waals surface area contributed by atoms with Gasteiger partial charge in [-0.1, -0.05) is 24.3 Å². The summed E-state index contributed by atoms with van der Waals surface area (Å²) in [5.41, 5.74) is 0.528. The lowest BCUT2D eigenvalue weighted by Gasteiger charge is -2.16. The molecule has 0 fully saturated rings. The predicted octanol–water partition coefficient (Wildman–Crippen LogP) is 2.31. The fraction of sp³-hybridized carbons (Fsp3) is 0.333. The smallest absolute Gasteiger partial charge is 0.328 e. The molecule has 0 heterocycles. The van der Waals surface area contributed by atoms with E-state index < -0.39 is 12.0 Å². The van der Waals surface area contributed by atoms with Gasteiger partial charge in [-0.25, -0.2) is 4.79 Å². The van der Waals surface area contributed by atoms with Crippen molar-refractivity contribution in [3.8, 4) is 0 Å². The maximum atomic E-state index is 12.0. The van der Waals surface area contributed by atoms with Crippen molar-refractivity contribution in [3.05, 3.63) is 48.6 Å². The van der Waals surface area contributed by atoms with Crippen LogP contribution in [0.15, 0.2) is 43.0 Å². The van der Waals surface area contributed by atoms with Crippen LogP contribution in [-0.4, -0.2) is 25.0 Å². The molecule has 1 rings (SSSR count). The quantitative estimate of drug-likeness (QED) is 0.465. The topological polar surface area (TPSA) is 55.4 Å². The summed E-state index contributed by atoms with van der Waals surface area (Å²) in [6, 6.07) is 8.18. The summed E-state index contributed by atoms with van der Waals surface area (Å²) < 4.78 is 4.70. The molecular formula is C15H19NO3. The molecule has 1 amide bonds. The third kappa shape index (κ3) is 4.95. The predicted molar refractivity (Wildman–Crippen MR) is 73.8 cm³/mol. The van der Waals surface area contributed by atoms with E-state index in [0.29, 0.717) is 12.0 Å². The van der Waals surface area contributed by atoms with E-state index in [9.17, 15) is 9.59 Å². The van der Waals surface area contributed by atoms with Gasteiger partial charge in [0.1, 0.15) is 6.04 Å². The second kappa shape index (κ2) is 8.08. The number of benzene rings is 1. The summed E-state index contributed by atoms with van der Waals surface area (Å²) >= 11 is 0. The molecule has 4 heteroatoms. The lowest BCUT2D eigenvalue weighted by Crippen LogP contribution is -2.41. The third-order valence-corrected chi connectivity index (χ3v) is 2.73. The summed E-state index contributed by atoms with van der Waals surface area (Å²) in [7, 11) is 1.32. The minimum absolute atomic E-state index is 0.269. The van der Waals surface area contributed by atoms with Crippen LogP contribution < -0.4 is 5.32 Å². The van der Waals surface area contributed by atoms with E-state index in [4.69, 9.17) is 4.74 Å². The zero-order chi connectivity index (χ0) is 14.1. The number of hydrogen-bond donors (Lipinski definition) is 1. The largest absolute Gasteiger partial charge is 0.467 e. The van der Waals surface area contributed by atoms with Crippen molar-refractivity contribution in [1.29, 1.82) is 0 Å². The van der Waals surface area contributed by atoms with Crippen LogP contribution in [0.4, 0.5) is 0 Å². The zero-order valence-corrected chi connectivity index (χ0v) is 11.1. The Hall–Kier alpha value is -2.10. The van der Waals surface area contributed by atoms with E-state index >= 15 is 0 Å². The van der Waals surface area contributed by atoms with Crippen LogP contribution in [0.3, 0.4) is 0 Å². The molecule has 0 aliphatic rings. The number of unbranched alkanes of at least 4 members (excludes halogenated alkanes) is 1. The molecule has 19 heavy (non-hydrogen) atoms. The summed E-state index contributed by atoms with van der Waals surface area (Å²) in [5.74, 6) is -0.692. The van der Waals surface area contributed by atoms with Gasteiger partial charge in [0.15, 0.2) is 0 Å². The summed E-state index contributed by atoms with van der Waals surface area (Å²) in [6.45, 7) is 3.63. The maximum Gasteiger partial charge on any atom is 0.328 e. The summed E-state index contributed by atoms with van der Waals surface area (Å²) in [4.78, 5) is 23.6. The highest BCUT2D eigenvalue weighted by molar-refractivity contribution is 5.96. The van der Waals surface area contributed by atoms with E-state index in [2.05, 4.69) is 11.9 Å². The number of esters is 1. The Bertz CT molecular complexity index is 428. The highest BCUT2D eigenvalue weighted by atomic mass is 16.5. The molecule has 0 aromatic heterocycles. The molecule has 0 unspecified atom stereocenters. The van der Waals surface area contributed by atoms with Crippen LogP contribution in [0.5, 0.6) is 0 Å². The lowest BCUT2D eigenvalue weighted by atomic mass is 10.1. The number of nitrogens with one attached hydrogen (secondary N) is 1. The van der Waals surface area contributed by atoms with Crippen LogP contribution in [-0.2, 0) is 9.53 Å².